The van der Waals surface area contributed by atoms with Gasteiger partial charge in [-0.15, -0.1) is 0 Å². The predicted octanol–water partition coefficient (Wildman–Crippen LogP) is 3.87. The van der Waals surface area contributed by atoms with Crippen LogP contribution in [0.4, 0.5) is 0 Å². The molecule has 0 radical (unpaired) electrons. The zero-order chi connectivity index (χ0) is 13.0. The molecule has 1 aliphatic rings. The zero-order valence-corrected chi connectivity index (χ0v) is 12.4. The highest BCUT2D eigenvalue weighted by Gasteiger charge is 2.19. The van der Waals surface area contributed by atoms with E-state index < -0.39 is 0 Å². The van der Waals surface area contributed by atoms with Crippen molar-refractivity contribution in [2.24, 2.45) is 0 Å². The molecule has 0 saturated carbocycles. The molecule has 1 aliphatic heterocycles. The van der Waals surface area contributed by atoms with Crippen LogP contribution >= 0.6 is 15.9 Å². The summed E-state index contributed by atoms with van der Waals surface area (Å²) in [5, 5.41) is 3.40. The summed E-state index contributed by atoms with van der Waals surface area (Å²) in [6, 6.07) is 6.29. The van der Waals surface area contributed by atoms with Gasteiger partial charge in [0.15, 0.2) is 0 Å². The van der Waals surface area contributed by atoms with Crippen LogP contribution in [0, 0.1) is 0 Å². The van der Waals surface area contributed by atoms with Gasteiger partial charge in [-0.25, -0.2) is 0 Å². The van der Waals surface area contributed by atoms with E-state index in [1.54, 1.807) is 0 Å². The van der Waals surface area contributed by atoms with Crippen LogP contribution in [0.3, 0.4) is 0 Å². The Morgan fingerprint density at radius 2 is 2.17 bits per heavy atom. The second-order valence-electron chi connectivity index (χ2n) is 4.93. The molecule has 1 N–H and O–H groups in total. The number of piperidine rings is 1. The molecule has 2 nitrogen and oxygen atoms in total. The molecule has 1 saturated heterocycles. The van der Waals surface area contributed by atoms with Crippen molar-refractivity contribution >= 4 is 15.9 Å². The molecule has 0 amide bonds. The van der Waals surface area contributed by atoms with E-state index in [0.717, 1.165) is 28.9 Å². The third kappa shape index (κ3) is 3.36. The predicted molar refractivity (Wildman–Crippen MR) is 79.3 cm³/mol. The number of hydrogen-bond acceptors (Lipinski definition) is 2. The van der Waals surface area contributed by atoms with Crippen LogP contribution in [-0.2, 0) is 0 Å². The van der Waals surface area contributed by atoms with Gasteiger partial charge in [0.1, 0.15) is 12.4 Å². The summed E-state index contributed by atoms with van der Waals surface area (Å²) in [4.78, 5) is 0. The third-order valence-electron chi connectivity index (χ3n) is 3.25. The highest BCUT2D eigenvalue weighted by molar-refractivity contribution is 9.10. The number of benzene rings is 1. The molecule has 1 fully saturated rings. The molecule has 1 heterocycles. The van der Waals surface area contributed by atoms with Gasteiger partial charge < -0.3 is 10.1 Å². The average Bonchev–Trinajstić information content (AvgIpc) is 2.38. The highest BCUT2D eigenvalue weighted by atomic mass is 79.9. The van der Waals surface area contributed by atoms with Crippen LogP contribution in [-0.4, -0.2) is 19.7 Å². The van der Waals surface area contributed by atoms with Gasteiger partial charge in [-0.2, -0.15) is 0 Å². The van der Waals surface area contributed by atoms with Crippen molar-refractivity contribution in [1.82, 2.24) is 5.32 Å². The smallest absolute Gasteiger partial charge is 0.134 e. The highest BCUT2D eigenvalue weighted by Crippen LogP contribution is 2.36. The molecule has 1 aromatic carbocycles. The minimum Gasteiger partial charge on any atom is -0.488 e. The van der Waals surface area contributed by atoms with Crippen molar-refractivity contribution in [2.45, 2.75) is 25.7 Å². The Morgan fingerprint density at radius 3 is 2.83 bits per heavy atom. The fourth-order valence-corrected chi connectivity index (χ4v) is 2.99. The van der Waals surface area contributed by atoms with E-state index in [1.807, 2.05) is 13.0 Å². The largest absolute Gasteiger partial charge is 0.488 e. The van der Waals surface area contributed by atoms with Gasteiger partial charge in [0.2, 0.25) is 0 Å². The monoisotopic (exact) mass is 309 g/mol. The lowest BCUT2D eigenvalue weighted by Crippen LogP contribution is -2.26. The zero-order valence-electron chi connectivity index (χ0n) is 10.8. The fourth-order valence-electron chi connectivity index (χ4n) is 2.29. The Balaban J connectivity index is 2.15. The SMILES string of the molecule is C=C(C)COc1cccc(C2CCNCC2)c1Br. The summed E-state index contributed by atoms with van der Waals surface area (Å²) < 4.78 is 6.88. The molecule has 3 heteroatoms. The van der Waals surface area contributed by atoms with Crippen LogP contribution < -0.4 is 10.1 Å². The number of halogens is 1. The lowest BCUT2D eigenvalue weighted by molar-refractivity contribution is 0.349. The van der Waals surface area contributed by atoms with Crippen LogP contribution in [0.5, 0.6) is 5.75 Å². The maximum Gasteiger partial charge on any atom is 0.134 e. The third-order valence-corrected chi connectivity index (χ3v) is 4.09. The molecular formula is C15H20BrNO. The Morgan fingerprint density at radius 1 is 1.44 bits per heavy atom. The first-order chi connectivity index (χ1) is 8.68. The van der Waals surface area contributed by atoms with Gasteiger partial charge in [-0.05, 0) is 71.9 Å². The van der Waals surface area contributed by atoms with Gasteiger partial charge in [-0.1, -0.05) is 18.7 Å². The normalized spacial score (nSPS) is 16.6. The molecule has 2 rings (SSSR count). The van der Waals surface area contributed by atoms with Crippen molar-refractivity contribution in [3.8, 4) is 5.75 Å². The molecule has 0 aliphatic carbocycles. The van der Waals surface area contributed by atoms with Crippen molar-refractivity contribution in [2.75, 3.05) is 19.7 Å². The Labute approximate surface area is 118 Å². The van der Waals surface area contributed by atoms with Gasteiger partial charge in [-0.3, -0.25) is 0 Å². The van der Waals surface area contributed by atoms with Crippen molar-refractivity contribution in [3.63, 3.8) is 0 Å². The van der Waals surface area contributed by atoms with Crippen LogP contribution in [0.25, 0.3) is 0 Å². The number of hydrogen-bond donors (Lipinski definition) is 1. The van der Waals surface area contributed by atoms with E-state index in [0.29, 0.717) is 12.5 Å². The standard InChI is InChI=1S/C15H20BrNO/c1-11(2)10-18-14-5-3-4-13(15(14)16)12-6-8-17-9-7-12/h3-5,12,17H,1,6-10H2,2H3. The molecule has 0 atom stereocenters. The van der Waals surface area contributed by atoms with Crippen molar-refractivity contribution < 1.29 is 4.74 Å². The molecule has 18 heavy (non-hydrogen) atoms. The first kappa shape index (κ1) is 13.6. The maximum absolute atomic E-state index is 5.77. The van der Waals surface area contributed by atoms with Gasteiger partial charge in [0, 0.05) is 0 Å². The van der Waals surface area contributed by atoms with E-state index in [1.165, 1.54) is 18.4 Å². The molecular weight excluding hydrogens is 290 g/mol. The number of ether oxygens (including phenoxy) is 1. The lowest BCUT2D eigenvalue weighted by atomic mass is 9.90. The van der Waals surface area contributed by atoms with Gasteiger partial charge in [0.25, 0.3) is 0 Å². The van der Waals surface area contributed by atoms with E-state index in [9.17, 15) is 0 Å². The minimum atomic E-state index is 0.578. The first-order valence-electron chi connectivity index (χ1n) is 6.45. The van der Waals surface area contributed by atoms with Crippen LogP contribution in [0.15, 0.2) is 34.8 Å². The fraction of sp³-hybridized carbons (Fsp3) is 0.467. The molecule has 0 spiro atoms. The summed E-state index contributed by atoms with van der Waals surface area (Å²) >= 11 is 3.69. The van der Waals surface area contributed by atoms with E-state index >= 15 is 0 Å². The van der Waals surface area contributed by atoms with Crippen molar-refractivity contribution in [3.05, 3.63) is 40.4 Å². The summed E-state index contributed by atoms with van der Waals surface area (Å²) in [6.07, 6.45) is 2.39. The lowest BCUT2D eigenvalue weighted by Gasteiger charge is -2.24. The Hall–Kier alpha value is -0.800. The second-order valence-corrected chi connectivity index (χ2v) is 5.72. The molecule has 0 aromatic heterocycles. The summed E-state index contributed by atoms with van der Waals surface area (Å²) in [7, 11) is 0. The van der Waals surface area contributed by atoms with Crippen LogP contribution in [0.2, 0.25) is 0 Å². The molecule has 0 unspecified atom stereocenters. The molecule has 0 bridgehead atoms. The van der Waals surface area contributed by atoms with E-state index in [4.69, 9.17) is 4.74 Å². The average molecular weight is 310 g/mol. The second kappa shape index (κ2) is 6.39. The molecule has 98 valence electrons. The topological polar surface area (TPSA) is 21.3 Å². The Kier molecular flexibility index (Phi) is 4.84. The number of rotatable bonds is 4. The maximum atomic E-state index is 5.77. The van der Waals surface area contributed by atoms with Crippen molar-refractivity contribution in [1.29, 1.82) is 0 Å². The van der Waals surface area contributed by atoms with Gasteiger partial charge >= 0.3 is 0 Å². The summed E-state index contributed by atoms with van der Waals surface area (Å²) in [5.74, 6) is 1.56. The quantitative estimate of drug-likeness (QED) is 0.852. The van der Waals surface area contributed by atoms with E-state index in [2.05, 4.69) is 40.0 Å². The van der Waals surface area contributed by atoms with E-state index in [-0.39, 0.29) is 0 Å². The first-order valence-corrected chi connectivity index (χ1v) is 7.24. The summed E-state index contributed by atoms with van der Waals surface area (Å²) in [5.41, 5.74) is 2.41. The minimum absolute atomic E-state index is 0.578. The van der Waals surface area contributed by atoms with Crippen LogP contribution in [0.1, 0.15) is 31.2 Å². The molecule has 1 aromatic rings. The Bertz CT molecular complexity index is 425. The van der Waals surface area contributed by atoms with Gasteiger partial charge in [0.05, 0.1) is 4.47 Å². The summed E-state index contributed by atoms with van der Waals surface area (Å²) in [6.45, 7) is 8.63. The number of nitrogens with one attached hydrogen (secondary N) is 1.